The van der Waals surface area contributed by atoms with E-state index in [2.05, 4.69) is 48.0 Å². The first-order valence-corrected chi connectivity index (χ1v) is 9.62. The van der Waals surface area contributed by atoms with Crippen LogP contribution in [0.15, 0.2) is 29.8 Å². The highest BCUT2D eigenvalue weighted by Gasteiger charge is 2.74. The minimum atomic E-state index is -0.256. The number of benzene rings is 1. The van der Waals surface area contributed by atoms with Crippen LogP contribution in [0.3, 0.4) is 0 Å². The fraction of sp³-hybridized carbons (Fsp3) is 0.619. The van der Waals surface area contributed by atoms with Gasteiger partial charge < -0.3 is 14.7 Å². The lowest BCUT2D eigenvalue weighted by Gasteiger charge is -2.58. The summed E-state index contributed by atoms with van der Waals surface area (Å²) in [7, 11) is 3.97. The van der Waals surface area contributed by atoms with Crippen molar-refractivity contribution in [2.24, 2.45) is 11.8 Å². The fourth-order valence-corrected chi connectivity index (χ4v) is 7.50. The molecule has 1 spiro atoms. The van der Waals surface area contributed by atoms with Gasteiger partial charge in [-0.3, -0.25) is 4.90 Å². The second-order valence-electron chi connectivity index (χ2n) is 8.72. The van der Waals surface area contributed by atoms with E-state index in [1.807, 2.05) is 0 Å². The Morgan fingerprint density at radius 1 is 1.32 bits per heavy atom. The molecule has 4 heteroatoms. The number of rotatable bonds is 1. The molecular formula is C21H26N2O2. The minimum Gasteiger partial charge on any atom is -0.497 e. The third kappa shape index (κ3) is 1.39. The van der Waals surface area contributed by atoms with Crippen LogP contribution in [-0.4, -0.2) is 54.9 Å². The zero-order chi connectivity index (χ0) is 17.1. The molecule has 0 aromatic heterocycles. The third-order valence-electron chi connectivity index (χ3n) is 8.30. The summed E-state index contributed by atoms with van der Waals surface area (Å²) in [6.45, 7) is 3.28. The summed E-state index contributed by atoms with van der Waals surface area (Å²) in [5.74, 6) is 1.88. The molecular weight excluding hydrogens is 312 g/mol. The number of methoxy groups -OCH3 is 1. The molecule has 1 unspecified atom stereocenters. The van der Waals surface area contributed by atoms with E-state index in [9.17, 15) is 5.11 Å². The molecule has 0 radical (unpaired) electrons. The Morgan fingerprint density at radius 2 is 2.16 bits per heavy atom. The molecule has 4 nitrogen and oxygen atoms in total. The van der Waals surface area contributed by atoms with Crippen molar-refractivity contribution < 1.29 is 9.84 Å². The van der Waals surface area contributed by atoms with Crippen molar-refractivity contribution >= 4 is 5.69 Å². The van der Waals surface area contributed by atoms with Gasteiger partial charge in [0.2, 0.25) is 0 Å². The lowest BCUT2D eigenvalue weighted by Crippen LogP contribution is -2.68. The molecule has 6 aliphatic rings. The van der Waals surface area contributed by atoms with E-state index >= 15 is 0 Å². The number of nitrogens with zero attached hydrogens (tertiary/aromatic N) is 2. The summed E-state index contributed by atoms with van der Waals surface area (Å²) >= 11 is 0. The second kappa shape index (κ2) is 4.41. The average molecular weight is 338 g/mol. The number of piperidine rings is 4. The average Bonchev–Trinajstić information content (AvgIpc) is 3.03. The van der Waals surface area contributed by atoms with Crippen molar-refractivity contribution in [1.29, 1.82) is 0 Å². The smallest absolute Gasteiger partial charge is 0.119 e. The van der Waals surface area contributed by atoms with Crippen LogP contribution in [0, 0.1) is 11.8 Å². The lowest BCUT2D eigenvalue weighted by molar-refractivity contribution is -0.0345. The Labute approximate surface area is 149 Å². The van der Waals surface area contributed by atoms with Crippen LogP contribution >= 0.6 is 0 Å². The topological polar surface area (TPSA) is 35.9 Å². The van der Waals surface area contributed by atoms with E-state index in [1.165, 1.54) is 17.7 Å². The largest absolute Gasteiger partial charge is 0.497 e. The molecule has 5 fully saturated rings. The maximum absolute atomic E-state index is 11.7. The molecule has 1 N–H and O–H groups in total. The van der Waals surface area contributed by atoms with Crippen molar-refractivity contribution in [2.45, 2.75) is 49.4 Å². The van der Waals surface area contributed by atoms with Gasteiger partial charge in [0.05, 0.1) is 19.3 Å². The number of hydrogen-bond acceptors (Lipinski definition) is 4. The van der Waals surface area contributed by atoms with E-state index in [-0.39, 0.29) is 11.5 Å². The molecule has 5 heterocycles. The summed E-state index contributed by atoms with van der Waals surface area (Å²) in [6.07, 6.45) is 4.36. The molecule has 1 aromatic rings. The Kier molecular flexibility index (Phi) is 2.58. The van der Waals surface area contributed by atoms with Crippen LogP contribution < -0.4 is 9.64 Å². The first-order valence-electron chi connectivity index (χ1n) is 9.62. The van der Waals surface area contributed by atoms with E-state index in [1.54, 1.807) is 12.7 Å². The predicted molar refractivity (Wildman–Crippen MR) is 97.1 cm³/mol. The summed E-state index contributed by atoms with van der Waals surface area (Å²) in [5, 5.41) is 11.7. The Balaban J connectivity index is 1.59. The van der Waals surface area contributed by atoms with Crippen molar-refractivity contribution in [3.8, 4) is 5.75 Å². The highest BCUT2D eigenvalue weighted by Crippen LogP contribution is 2.68. The molecule has 5 bridgehead atoms. The number of ether oxygens (including phenoxy) is 1. The van der Waals surface area contributed by atoms with Crippen LogP contribution in [-0.2, 0) is 5.41 Å². The predicted octanol–water partition coefficient (Wildman–Crippen LogP) is 2.16. The first kappa shape index (κ1) is 14.6. The number of fused-ring (bicyclic) bond motifs is 2. The SMILES string of the molecule is C/C=C1/CN2[C@H]3C[C@@]45c6cc(OC)ccc6N(C)[C@H]4[C@@H]2C[C@@H]1[C@@H]3[C@H]5O. The summed E-state index contributed by atoms with van der Waals surface area (Å²) in [6, 6.07) is 7.95. The van der Waals surface area contributed by atoms with Crippen LogP contribution in [0.4, 0.5) is 5.69 Å². The molecule has 5 aliphatic heterocycles. The zero-order valence-electron chi connectivity index (χ0n) is 15.1. The monoisotopic (exact) mass is 338 g/mol. The highest BCUT2D eigenvalue weighted by atomic mass is 16.5. The van der Waals surface area contributed by atoms with Gasteiger partial charge in [0, 0.05) is 42.7 Å². The second-order valence-corrected chi connectivity index (χ2v) is 8.72. The molecule has 25 heavy (non-hydrogen) atoms. The molecule has 4 saturated heterocycles. The number of likely N-dealkylation sites (N-methyl/N-ethyl adjacent to an activating group) is 1. The number of anilines is 1. The van der Waals surface area contributed by atoms with Gasteiger partial charge in [-0.25, -0.2) is 0 Å². The van der Waals surface area contributed by atoms with Gasteiger partial charge >= 0.3 is 0 Å². The van der Waals surface area contributed by atoms with Gasteiger partial charge in [-0.1, -0.05) is 11.6 Å². The van der Waals surface area contributed by atoms with E-state index < -0.39 is 0 Å². The van der Waals surface area contributed by atoms with Crippen molar-refractivity contribution in [3.05, 3.63) is 35.4 Å². The Hall–Kier alpha value is -1.52. The van der Waals surface area contributed by atoms with E-state index in [0.29, 0.717) is 30.0 Å². The van der Waals surface area contributed by atoms with Crippen molar-refractivity contribution in [1.82, 2.24) is 4.90 Å². The molecule has 0 amide bonds. The van der Waals surface area contributed by atoms with E-state index in [0.717, 1.165) is 18.7 Å². The Bertz CT molecular complexity index is 805. The van der Waals surface area contributed by atoms with Gasteiger partial charge in [-0.05, 0) is 49.4 Å². The molecule has 132 valence electrons. The maximum atomic E-state index is 11.7. The molecule has 1 saturated carbocycles. The molecule has 1 aliphatic carbocycles. The maximum Gasteiger partial charge on any atom is 0.119 e. The van der Waals surface area contributed by atoms with Gasteiger partial charge in [0.1, 0.15) is 5.75 Å². The zero-order valence-corrected chi connectivity index (χ0v) is 15.1. The summed E-state index contributed by atoms with van der Waals surface area (Å²) < 4.78 is 5.53. The fourth-order valence-electron chi connectivity index (χ4n) is 7.50. The number of aliphatic hydroxyl groups excluding tert-OH is 1. The van der Waals surface area contributed by atoms with Crippen LogP contribution in [0.5, 0.6) is 5.75 Å². The first-order chi connectivity index (χ1) is 12.1. The normalized spacial score (nSPS) is 49.7. The molecule has 8 atom stereocenters. The van der Waals surface area contributed by atoms with Gasteiger partial charge in [0.25, 0.3) is 0 Å². The quantitative estimate of drug-likeness (QED) is 0.796. The summed E-state index contributed by atoms with van der Waals surface area (Å²) in [5.41, 5.74) is 4.06. The van der Waals surface area contributed by atoms with E-state index in [4.69, 9.17) is 4.74 Å². The standard InChI is InChI=1S/C21H26N2O2/c1-4-11-10-23-16-8-13(11)18-17(23)9-21(20(18)24)14-7-12(25-3)5-6-15(14)22(2)19(16)21/h4-7,13,16-20,24H,8-10H2,1-3H3/b11-4-/t13-,16-,17-,18-,19-,20+,21+/m0/s1. The van der Waals surface area contributed by atoms with Crippen LogP contribution in [0.1, 0.15) is 25.3 Å². The van der Waals surface area contributed by atoms with Crippen molar-refractivity contribution in [2.75, 3.05) is 25.6 Å². The third-order valence-corrected chi connectivity index (χ3v) is 8.30. The number of hydrogen-bond donors (Lipinski definition) is 1. The van der Waals surface area contributed by atoms with Gasteiger partial charge in [-0.2, -0.15) is 0 Å². The lowest BCUT2D eigenvalue weighted by atomic mass is 9.65. The molecule has 7 rings (SSSR count). The molecule has 1 aromatic carbocycles. The van der Waals surface area contributed by atoms with Crippen molar-refractivity contribution in [3.63, 3.8) is 0 Å². The minimum absolute atomic E-state index is 0.118. The van der Waals surface area contributed by atoms with Crippen LogP contribution in [0.2, 0.25) is 0 Å². The van der Waals surface area contributed by atoms with Gasteiger partial charge in [0.15, 0.2) is 0 Å². The van der Waals surface area contributed by atoms with Crippen LogP contribution in [0.25, 0.3) is 0 Å². The highest BCUT2D eigenvalue weighted by molar-refractivity contribution is 5.69. The van der Waals surface area contributed by atoms with Gasteiger partial charge in [-0.15, -0.1) is 0 Å². The Morgan fingerprint density at radius 3 is 2.92 bits per heavy atom. The number of aliphatic hydroxyl groups is 1. The summed E-state index contributed by atoms with van der Waals surface area (Å²) in [4.78, 5) is 5.20. The number of allylic oxidation sites excluding steroid dienone is 1.